The molecule has 0 spiro atoms. The number of halogens is 1. The minimum atomic E-state index is -0.578. The van der Waals surface area contributed by atoms with Crippen molar-refractivity contribution in [2.75, 3.05) is 10.6 Å². The maximum atomic E-state index is 13.3. The number of hydrogen-bond donors (Lipinski definition) is 2. The van der Waals surface area contributed by atoms with Crippen LogP contribution in [-0.4, -0.2) is 21.8 Å². The molecule has 2 amide bonds. The number of thioether (sulfide) groups is 1. The van der Waals surface area contributed by atoms with E-state index in [1.807, 2.05) is 44.2 Å². The molecule has 9 heteroatoms. The van der Waals surface area contributed by atoms with E-state index in [1.54, 1.807) is 36.4 Å². The molecule has 0 saturated carbocycles. The van der Waals surface area contributed by atoms with E-state index in [0.29, 0.717) is 27.6 Å². The van der Waals surface area contributed by atoms with Gasteiger partial charge in [-0.3, -0.25) is 9.59 Å². The van der Waals surface area contributed by atoms with Gasteiger partial charge >= 0.3 is 0 Å². The first kappa shape index (κ1) is 25.5. The van der Waals surface area contributed by atoms with Crippen molar-refractivity contribution in [1.29, 1.82) is 0 Å². The van der Waals surface area contributed by atoms with Gasteiger partial charge in [-0.15, -0.1) is 0 Å². The van der Waals surface area contributed by atoms with Crippen LogP contribution in [-0.2, 0) is 5.75 Å². The predicted molar refractivity (Wildman–Crippen MR) is 151 cm³/mol. The Labute approximate surface area is 228 Å². The van der Waals surface area contributed by atoms with E-state index in [4.69, 9.17) is 16.0 Å². The summed E-state index contributed by atoms with van der Waals surface area (Å²) in [4.78, 5) is 35.2. The van der Waals surface area contributed by atoms with E-state index in [0.717, 1.165) is 16.7 Å². The second kappa shape index (κ2) is 11.1. The minimum Gasteiger partial charge on any atom is -0.449 e. The third-order valence-corrected chi connectivity index (χ3v) is 6.95. The third-order valence-electron chi connectivity index (χ3n) is 5.74. The van der Waals surface area contributed by atoms with Gasteiger partial charge in [0, 0.05) is 16.8 Å². The maximum absolute atomic E-state index is 13.3. The molecule has 0 aliphatic heterocycles. The predicted octanol–water partition coefficient (Wildman–Crippen LogP) is 7.29. The van der Waals surface area contributed by atoms with Gasteiger partial charge in [0.05, 0.1) is 11.2 Å². The van der Waals surface area contributed by atoms with Crippen LogP contribution in [0, 0.1) is 13.8 Å². The van der Waals surface area contributed by atoms with Crippen LogP contribution < -0.4 is 10.6 Å². The van der Waals surface area contributed by atoms with Crippen molar-refractivity contribution < 1.29 is 14.0 Å². The smallest absolute Gasteiger partial charge is 0.293 e. The normalized spacial score (nSPS) is 10.9. The monoisotopic (exact) mass is 542 g/mol. The molecule has 0 atom stereocenters. The third kappa shape index (κ3) is 5.72. The summed E-state index contributed by atoms with van der Waals surface area (Å²) in [6, 6.07) is 22.6. The Bertz CT molecular complexity index is 1650. The highest BCUT2D eigenvalue weighted by molar-refractivity contribution is 7.98. The molecular weight excluding hydrogens is 520 g/mol. The van der Waals surface area contributed by atoms with E-state index < -0.39 is 11.8 Å². The Balaban J connectivity index is 1.40. The number of amides is 2. The van der Waals surface area contributed by atoms with Crippen LogP contribution in [0.5, 0.6) is 0 Å². The summed E-state index contributed by atoms with van der Waals surface area (Å²) in [5.74, 6) is -0.464. The van der Waals surface area contributed by atoms with Gasteiger partial charge in [0.15, 0.2) is 10.9 Å². The average Bonchev–Trinajstić information content (AvgIpc) is 3.28. The molecule has 2 N–H and O–H groups in total. The van der Waals surface area contributed by atoms with Gasteiger partial charge in [-0.05, 0) is 43.7 Å². The second-order valence-corrected chi connectivity index (χ2v) is 10.1. The number of para-hydroxylation sites is 1. The fraction of sp³-hybridized carbons (Fsp3) is 0.103. The van der Waals surface area contributed by atoms with Gasteiger partial charge < -0.3 is 15.1 Å². The number of furan rings is 1. The SMILES string of the molecule is Cc1ccc(NC(=O)c2oc3ccccc3c2NC(=O)c2nc(SCc3cccc(C)c3)ncc2Cl)cc1. The Kier molecular flexibility index (Phi) is 7.44. The number of rotatable bonds is 7. The van der Waals surface area contributed by atoms with Gasteiger partial charge in [-0.1, -0.05) is 83.0 Å². The summed E-state index contributed by atoms with van der Waals surface area (Å²) in [6.45, 7) is 3.99. The van der Waals surface area contributed by atoms with Crippen molar-refractivity contribution in [3.63, 3.8) is 0 Å². The molecule has 5 rings (SSSR count). The molecule has 5 aromatic rings. The molecule has 38 heavy (non-hydrogen) atoms. The summed E-state index contributed by atoms with van der Waals surface area (Å²) in [5.41, 5.74) is 4.65. The Morgan fingerprint density at radius 1 is 0.921 bits per heavy atom. The number of fused-ring (bicyclic) bond motifs is 1. The van der Waals surface area contributed by atoms with Crippen LogP contribution in [0.15, 0.2) is 88.6 Å². The van der Waals surface area contributed by atoms with Gasteiger partial charge in [-0.25, -0.2) is 9.97 Å². The average molecular weight is 543 g/mol. The molecular formula is C29H23ClN4O3S. The lowest BCUT2D eigenvalue weighted by atomic mass is 10.2. The van der Waals surface area contributed by atoms with E-state index in [9.17, 15) is 9.59 Å². The molecule has 0 aliphatic rings. The first-order valence-corrected chi connectivity index (χ1v) is 13.2. The fourth-order valence-corrected chi connectivity index (χ4v) is 4.79. The standard InChI is InChI=1S/C29H23ClN4O3S/c1-17-10-12-20(13-11-17)32-28(36)26-24(21-8-3-4-9-23(21)37-26)33-27(35)25-22(30)15-31-29(34-25)38-16-19-7-5-6-18(2)14-19/h3-15H,16H2,1-2H3,(H,32,36)(H,33,35). The summed E-state index contributed by atoms with van der Waals surface area (Å²) < 4.78 is 5.85. The fourth-order valence-electron chi connectivity index (χ4n) is 3.86. The zero-order valence-corrected chi connectivity index (χ0v) is 22.2. The highest BCUT2D eigenvalue weighted by Gasteiger charge is 2.24. The van der Waals surface area contributed by atoms with Crippen LogP contribution in [0.2, 0.25) is 5.02 Å². The topological polar surface area (TPSA) is 97.1 Å². The van der Waals surface area contributed by atoms with Gasteiger partial charge in [-0.2, -0.15) is 0 Å². The number of carbonyl (C=O) groups excluding carboxylic acids is 2. The lowest BCUT2D eigenvalue weighted by molar-refractivity contribution is 0.0999. The van der Waals surface area contributed by atoms with Crippen LogP contribution in [0.4, 0.5) is 11.4 Å². The molecule has 0 aliphatic carbocycles. The summed E-state index contributed by atoms with van der Waals surface area (Å²) >= 11 is 7.71. The van der Waals surface area contributed by atoms with Crippen LogP contribution in [0.1, 0.15) is 37.7 Å². The lowest BCUT2D eigenvalue weighted by Crippen LogP contribution is -2.18. The zero-order valence-electron chi connectivity index (χ0n) is 20.6. The van der Waals surface area contributed by atoms with Crippen molar-refractivity contribution in [2.45, 2.75) is 24.8 Å². The Morgan fingerprint density at radius 3 is 2.50 bits per heavy atom. The summed E-state index contributed by atoms with van der Waals surface area (Å²) in [5, 5.41) is 6.70. The van der Waals surface area contributed by atoms with Crippen molar-refractivity contribution in [3.8, 4) is 0 Å². The summed E-state index contributed by atoms with van der Waals surface area (Å²) in [6.07, 6.45) is 1.40. The number of aromatic nitrogens is 2. The van der Waals surface area contributed by atoms with Crippen LogP contribution >= 0.6 is 23.4 Å². The molecule has 0 unspecified atom stereocenters. The van der Waals surface area contributed by atoms with Gasteiger partial charge in [0.2, 0.25) is 5.76 Å². The van der Waals surface area contributed by atoms with Gasteiger partial charge in [0.1, 0.15) is 11.3 Å². The number of anilines is 2. The number of aryl methyl sites for hydroxylation is 2. The van der Waals surface area contributed by atoms with Gasteiger partial charge in [0.25, 0.3) is 11.8 Å². The number of hydrogen-bond acceptors (Lipinski definition) is 6. The molecule has 2 aromatic heterocycles. The number of benzene rings is 3. The zero-order chi connectivity index (χ0) is 26.6. The molecule has 0 bridgehead atoms. The van der Waals surface area contributed by atoms with E-state index in [2.05, 4.69) is 26.7 Å². The quantitative estimate of drug-likeness (QED) is 0.165. The van der Waals surface area contributed by atoms with Crippen molar-refractivity contribution >= 4 is 57.5 Å². The Hall–Kier alpha value is -4.14. The largest absolute Gasteiger partial charge is 0.449 e. The number of nitrogens with zero attached hydrogens (tertiary/aromatic N) is 2. The van der Waals surface area contributed by atoms with Crippen molar-refractivity contribution in [1.82, 2.24) is 9.97 Å². The number of carbonyl (C=O) groups is 2. The Morgan fingerprint density at radius 2 is 1.71 bits per heavy atom. The molecule has 190 valence electrons. The van der Waals surface area contributed by atoms with Crippen LogP contribution in [0.3, 0.4) is 0 Å². The van der Waals surface area contributed by atoms with E-state index in [-0.39, 0.29) is 22.2 Å². The molecule has 0 saturated heterocycles. The first-order valence-electron chi connectivity index (χ1n) is 11.8. The van der Waals surface area contributed by atoms with Crippen molar-refractivity contribution in [2.24, 2.45) is 0 Å². The van der Waals surface area contributed by atoms with E-state index >= 15 is 0 Å². The highest BCUT2D eigenvalue weighted by atomic mass is 35.5. The van der Waals surface area contributed by atoms with Crippen molar-refractivity contribution in [3.05, 3.63) is 112 Å². The summed E-state index contributed by atoms with van der Waals surface area (Å²) in [7, 11) is 0. The maximum Gasteiger partial charge on any atom is 0.293 e. The minimum absolute atomic E-state index is 0.00332. The molecule has 0 fully saturated rings. The van der Waals surface area contributed by atoms with Crippen LogP contribution in [0.25, 0.3) is 11.0 Å². The molecule has 0 radical (unpaired) electrons. The molecule has 3 aromatic carbocycles. The second-order valence-electron chi connectivity index (χ2n) is 8.70. The number of nitrogens with one attached hydrogen (secondary N) is 2. The lowest BCUT2D eigenvalue weighted by Gasteiger charge is -2.09. The van der Waals surface area contributed by atoms with E-state index in [1.165, 1.54) is 18.0 Å². The molecule has 2 heterocycles. The molecule has 7 nitrogen and oxygen atoms in total. The first-order chi connectivity index (χ1) is 18.4. The highest BCUT2D eigenvalue weighted by Crippen LogP contribution is 2.32.